The number of carbonyl (C=O) groups is 2. The Balaban J connectivity index is 1.54. The molecule has 2 N–H and O–H groups in total. The second kappa shape index (κ2) is 6.07. The molecule has 1 aliphatic carbocycles. The van der Waals surface area contributed by atoms with Gasteiger partial charge in [-0.3, -0.25) is 4.79 Å². The molecule has 2 fully saturated rings. The van der Waals surface area contributed by atoms with E-state index in [1.165, 1.54) is 0 Å². The molecule has 8 heteroatoms. The lowest BCUT2D eigenvalue weighted by atomic mass is 10.1. The van der Waals surface area contributed by atoms with Gasteiger partial charge in [0.1, 0.15) is 5.69 Å². The van der Waals surface area contributed by atoms with Crippen LogP contribution in [0.5, 0.6) is 0 Å². The molecule has 4 atom stereocenters. The van der Waals surface area contributed by atoms with Crippen LogP contribution in [0.4, 0.5) is 4.79 Å². The Hall–Kier alpha value is -1.54. The number of carbonyl (C=O) groups excluding carboxylic acids is 2. The lowest BCUT2D eigenvalue weighted by Gasteiger charge is -2.32. The van der Waals surface area contributed by atoms with E-state index in [0.717, 1.165) is 30.4 Å². The number of nitrogens with zero attached hydrogens (tertiary/aromatic N) is 2. The number of hydrogen-bond acceptors (Lipinski definition) is 3. The van der Waals surface area contributed by atoms with Crippen LogP contribution in [0.3, 0.4) is 0 Å². The van der Waals surface area contributed by atoms with Gasteiger partial charge in [-0.25, -0.2) is 4.79 Å². The average molecular weight is 397 g/mol. The zero-order valence-electron chi connectivity index (χ0n) is 13.5. The molecular formula is C16H21BrN4O3. The van der Waals surface area contributed by atoms with Crippen molar-refractivity contribution in [3.63, 3.8) is 0 Å². The minimum atomic E-state index is -0.0737. The van der Waals surface area contributed by atoms with Crippen molar-refractivity contribution in [2.45, 2.75) is 43.4 Å². The Morgan fingerprint density at radius 2 is 2.00 bits per heavy atom. The van der Waals surface area contributed by atoms with Crippen molar-refractivity contribution in [2.24, 2.45) is 0 Å². The van der Waals surface area contributed by atoms with E-state index in [9.17, 15) is 9.59 Å². The first-order valence-electron chi connectivity index (χ1n) is 8.35. The van der Waals surface area contributed by atoms with E-state index in [4.69, 9.17) is 4.74 Å². The summed E-state index contributed by atoms with van der Waals surface area (Å²) < 4.78 is 8.06. The third-order valence-electron chi connectivity index (χ3n) is 5.38. The van der Waals surface area contributed by atoms with Gasteiger partial charge in [0.2, 0.25) is 0 Å². The van der Waals surface area contributed by atoms with Gasteiger partial charge in [-0.2, -0.15) is 0 Å². The topological polar surface area (TPSA) is 75.6 Å². The average Bonchev–Trinajstić information content (AvgIpc) is 3.18. The van der Waals surface area contributed by atoms with Crippen LogP contribution in [0, 0.1) is 0 Å². The number of rotatable bonds is 5. The van der Waals surface area contributed by atoms with Crippen LogP contribution in [0.25, 0.3) is 0 Å². The molecule has 1 unspecified atom stereocenters. The molecule has 1 saturated heterocycles. The van der Waals surface area contributed by atoms with Crippen molar-refractivity contribution in [3.05, 3.63) is 22.4 Å². The largest absolute Gasteiger partial charge is 0.385 e. The molecule has 0 bridgehead atoms. The first kappa shape index (κ1) is 16.0. The third kappa shape index (κ3) is 2.35. The van der Waals surface area contributed by atoms with Crippen molar-refractivity contribution in [2.75, 3.05) is 20.3 Å². The van der Waals surface area contributed by atoms with Crippen molar-refractivity contribution >= 4 is 27.9 Å². The predicted octanol–water partition coefficient (Wildman–Crippen LogP) is 1.50. The highest BCUT2D eigenvalue weighted by Gasteiger charge is 2.55. The lowest BCUT2D eigenvalue weighted by Crippen LogP contribution is -2.53. The number of amides is 3. The summed E-state index contributed by atoms with van der Waals surface area (Å²) in [5, 5.41) is 6.18. The number of nitrogens with one attached hydrogen (secondary N) is 2. The maximum absolute atomic E-state index is 12.3. The Bertz CT molecular complexity index is 676. The molecule has 7 nitrogen and oxygen atoms in total. The summed E-state index contributed by atoms with van der Waals surface area (Å²) in [6.07, 6.45) is 2.71. The van der Waals surface area contributed by atoms with Crippen LogP contribution in [0.1, 0.15) is 35.8 Å². The second-order valence-corrected chi connectivity index (χ2v) is 7.46. The predicted molar refractivity (Wildman–Crippen MR) is 91.0 cm³/mol. The highest BCUT2D eigenvalue weighted by molar-refractivity contribution is 9.10. The molecule has 0 radical (unpaired) electrons. The van der Waals surface area contributed by atoms with E-state index in [0.29, 0.717) is 12.3 Å². The molecule has 3 aliphatic rings. The van der Waals surface area contributed by atoms with E-state index in [1.807, 2.05) is 17.0 Å². The Morgan fingerprint density at radius 1 is 1.21 bits per heavy atom. The van der Waals surface area contributed by atoms with Crippen molar-refractivity contribution in [1.29, 1.82) is 0 Å². The molecule has 1 aromatic rings. The van der Waals surface area contributed by atoms with Gasteiger partial charge in [-0.15, -0.1) is 0 Å². The number of ether oxygens (including phenoxy) is 1. The van der Waals surface area contributed by atoms with Gasteiger partial charge in [0.05, 0.1) is 28.8 Å². The van der Waals surface area contributed by atoms with Gasteiger partial charge in [-0.1, -0.05) is 0 Å². The van der Waals surface area contributed by atoms with Crippen molar-refractivity contribution < 1.29 is 14.3 Å². The SMILES string of the molecule is COCCCCN1C(=O)N[C@@H]2C1C[C@@H]1[C@H]2NC(=O)c2ccc(Br)n21. The summed E-state index contributed by atoms with van der Waals surface area (Å²) in [6, 6.07) is 3.92. The van der Waals surface area contributed by atoms with Gasteiger partial charge in [0.25, 0.3) is 5.91 Å². The minimum Gasteiger partial charge on any atom is -0.385 e. The van der Waals surface area contributed by atoms with Gasteiger partial charge in [0, 0.05) is 20.3 Å². The van der Waals surface area contributed by atoms with Gasteiger partial charge in [-0.05, 0) is 47.3 Å². The van der Waals surface area contributed by atoms with Crippen LogP contribution in [0.15, 0.2) is 16.7 Å². The summed E-state index contributed by atoms with van der Waals surface area (Å²) >= 11 is 3.55. The van der Waals surface area contributed by atoms with E-state index in [-0.39, 0.29) is 36.1 Å². The standard InChI is InChI=1S/C16H21BrN4O3/c1-24-7-3-2-6-20-10-8-11-14(13(10)19-16(20)23)18-15(22)9-4-5-12(17)21(9)11/h4-5,10-11,13-14H,2-3,6-8H2,1H3,(H,18,22)(H,19,23)/t10?,11-,13-,14-/m1/s1. The van der Waals surface area contributed by atoms with Crippen LogP contribution >= 0.6 is 15.9 Å². The molecule has 3 amide bonds. The highest BCUT2D eigenvalue weighted by Crippen LogP contribution is 2.41. The molecule has 3 heterocycles. The molecule has 0 spiro atoms. The maximum Gasteiger partial charge on any atom is 0.318 e. The second-order valence-electron chi connectivity index (χ2n) is 6.65. The zero-order valence-corrected chi connectivity index (χ0v) is 15.1. The number of aromatic nitrogens is 1. The normalized spacial score (nSPS) is 30.7. The fourth-order valence-corrected chi connectivity index (χ4v) is 4.91. The van der Waals surface area contributed by atoms with Crippen LogP contribution in [-0.4, -0.2) is 59.8 Å². The molecule has 4 rings (SSSR count). The highest BCUT2D eigenvalue weighted by atomic mass is 79.9. The van der Waals surface area contributed by atoms with E-state index in [1.54, 1.807) is 7.11 Å². The van der Waals surface area contributed by atoms with Crippen molar-refractivity contribution in [1.82, 2.24) is 20.1 Å². The zero-order chi connectivity index (χ0) is 16.8. The molecule has 2 aliphatic heterocycles. The van der Waals surface area contributed by atoms with Gasteiger partial charge >= 0.3 is 6.03 Å². The fourth-order valence-electron chi connectivity index (χ4n) is 4.32. The molecule has 1 saturated carbocycles. The molecule has 1 aromatic heterocycles. The van der Waals surface area contributed by atoms with E-state index in [2.05, 4.69) is 31.1 Å². The number of fused-ring (bicyclic) bond motifs is 5. The lowest BCUT2D eigenvalue weighted by molar-refractivity contribution is 0.0880. The first-order chi connectivity index (χ1) is 11.6. The Morgan fingerprint density at radius 3 is 2.79 bits per heavy atom. The third-order valence-corrected chi connectivity index (χ3v) is 6.02. The van der Waals surface area contributed by atoms with E-state index >= 15 is 0 Å². The first-order valence-corrected chi connectivity index (χ1v) is 9.15. The van der Waals surface area contributed by atoms with Gasteiger partial charge < -0.3 is 24.8 Å². The maximum atomic E-state index is 12.3. The van der Waals surface area contributed by atoms with Crippen LogP contribution in [0.2, 0.25) is 0 Å². The van der Waals surface area contributed by atoms with Crippen LogP contribution in [-0.2, 0) is 4.74 Å². The summed E-state index contributed by atoms with van der Waals surface area (Å²) in [7, 11) is 1.69. The summed E-state index contributed by atoms with van der Waals surface area (Å²) in [5.74, 6) is -0.0737. The Labute approximate surface area is 148 Å². The fraction of sp³-hybridized carbons (Fsp3) is 0.625. The minimum absolute atomic E-state index is 0.0208. The number of halogens is 1. The summed E-state index contributed by atoms with van der Waals surface area (Å²) in [4.78, 5) is 26.6. The monoisotopic (exact) mass is 396 g/mol. The Kier molecular flexibility index (Phi) is 4.04. The number of methoxy groups -OCH3 is 1. The molecular weight excluding hydrogens is 376 g/mol. The molecule has 0 aromatic carbocycles. The van der Waals surface area contributed by atoms with Crippen LogP contribution < -0.4 is 10.6 Å². The summed E-state index contributed by atoms with van der Waals surface area (Å²) in [5.41, 5.74) is 0.682. The van der Waals surface area contributed by atoms with Gasteiger partial charge in [0.15, 0.2) is 0 Å². The smallest absolute Gasteiger partial charge is 0.318 e. The number of hydrogen-bond donors (Lipinski definition) is 2. The van der Waals surface area contributed by atoms with E-state index < -0.39 is 0 Å². The quantitative estimate of drug-likeness (QED) is 0.740. The van der Waals surface area contributed by atoms with Crippen molar-refractivity contribution in [3.8, 4) is 0 Å². The summed E-state index contributed by atoms with van der Waals surface area (Å²) in [6.45, 7) is 1.44. The molecule has 130 valence electrons. The molecule has 24 heavy (non-hydrogen) atoms. The number of unbranched alkanes of at least 4 members (excludes halogenated alkanes) is 1. The number of urea groups is 1.